The topological polar surface area (TPSA) is 32.7 Å². The summed E-state index contributed by atoms with van der Waals surface area (Å²) in [6.45, 7) is 2.76. The third-order valence-electron chi connectivity index (χ3n) is 2.59. The second-order valence-electron chi connectivity index (χ2n) is 4.31. The van der Waals surface area contributed by atoms with Gasteiger partial charge in [-0.05, 0) is 45.1 Å². The van der Waals surface area contributed by atoms with E-state index < -0.39 is 6.10 Å². The molecule has 16 heavy (non-hydrogen) atoms. The van der Waals surface area contributed by atoms with Gasteiger partial charge < -0.3 is 14.7 Å². The standard InChI is InChI=1S/C13H21NO2/c1-10(15)12-9-11(7-8-14(2)3)5-6-13(12)16-4/h5-6,9-10,15H,7-8H2,1-4H3. The van der Waals surface area contributed by atoms with Gasteiger partial charge in [-0.2, -0.15) is 0 Å². The van der Waals surface area contributed by atoms with E-state index in [1.165, 1.54) is 5.56 Å². The van der Waals surface area contributed by atoms with Crippen LogP contribution in [0.1, 0.15) is 24.2 Å². The number of hydrogen-bond donors (Lipinski definition) is 1. The van der Waals surface area contributed by atoms with Crippen molar-refractivity contribution in [2.45, 2.75) is 19.4 Å². The molecular weight excluding hydrogens is 202 g/mol. The molecule has 1 aromatic carbocycles. The lowest BCUT2D eigenvalue weighted by molar-refractivity contribution is 0.194. The summed E-state index contributed by atoms with van der Waals surface area (Å²) < 4.78 is 5.22. The predicted octanol–water partition coefficient (Wildman–Crippen LogP) is 1.85. The summed E-state index contributed by atoms with van der Waals surface area (Å²) in [6.07, 6.45) is 0.491. The maximum absolute atomic E-state index is 9.65. The van der Waals surface area contributed by atoms with Gasteiger partial charge in [0.05, 0.1) is 13.2 Å². The highest BCUT2D eigenvalue weighted by Gasteiger charge is 2.09. The van der Waals surface area contributed by atoms with Crippen LogP contribution in [0.3, 0.4) is 0 Å². The van der Waals surface area contributed by atoms with E-state index >= 15 is 0 Å². The molecule has 0 aliphatic rings. The van der Waals surface area contributed by atoms with Crippen molar-refractivity contribution in [2.75, 3.05) is 27.7 Å². The van der Waals surface area contributed by atoms with Crippen molar-refractivity contribution >= 4 is 0 Å². The average molecular weight is 223 g/mol. The lowest BCUT2D eigenvalue weighted by Gasteiger charge is -2.14. The van der Waals surface area contributed by atoms with Gasteiger partial charge in [0.25, 0.3) is 0 Å². The van der Waals surface area contributed by atoms with Crippen LogP contribution >= 0.6 is 0 Å². The highest BCUT2D eigenvalue weighted by molar-refractivity contribution is 5.38. The number of aliphatic hydroxyl groups excluding tert-OH is 1. The highest BCUT2D eigenvalue weighted by Crippen LogP contribution is 2.26. The van der Waals surface area contributed by atoms with Gasteiger partial charge >= 0.3 is 0 Å². The van der Waals surface area contributed by atoms with Gasteiger partial charge in [-0.3, -0.25) is 0 Å². The first kappa shape index (κ1) is 13.0. The zero-order valence-electron chi connectivity index (χ0n) is 10.5. The van der Waals surface area contributed by atoms with Crippen LogP contribution < -0.4 is 4.74 Å². The van der Waals surface area contributed by atoms with Crippen LogP contribution in [0.25, 0.3) is 0 Å². The van der Waals surface area contributed by atoms with Crippen LogP contribution in [0.4, 0.5) is 0 Å². The van der Waals surface area contributed by atoms with E-state index in [-0.39, 0.29) is 0 Å². The summed E-state index contributed by atoms with van der Waals surface area (Å²) >= 11 is 0. The Morgan fingerprint density at radius 2 is 2.06 bits per heavy atom. The molecule has 0 amide bonds. The molecule has 1 atom stereocenters. The molecule has 0 radical (unpaired) electrons. The maximum Gasteiger partial charge on any atom is 0.124 e. The van der Waals surface area contributed by atoms with E-state index in [0.717, 1.165) is 24.3 Å². The fraction of sp³-hybridized carbons (Fsp3) is 0.538. The minimum absolute atomic E-state index is 0.491. The van der Waals surface area contributed by atoms with Crippen LogP contribution in [0.5, 0.6) is 5.75 Å². The molecule has 1 aromatic rings. The molecule has 1 rings (SSSR count). The third-order valence-corrected chi connectivity index (χ3v) is 2.59. The summed E-state index contributed by atoms with van der Waals surface area (Å²) in [5.41, 5.74) is 2.09. The molecule has 0 fully saturated rings. The first-order valence-corrected chi connectivity index (χ1v) is 5.54. The fourth-order valence-electron chi connectivity index (χ4n) is 1.62. The first-order valence-electron chi connectivity index (χ1n) is 5.54. The molecule has 1 N–H and O–H groups in total. The Morgan fingerprint density at radius 3 is 2.56 bits per heavy atom. The number of benzene rings is 1. The molecule has 0 aliphatic carbocycles. The molecule has 0 bridgehead atoms. The summed E-state index contributed by atoms with van der Waals surface area (Å²) in [5.74, 6) is 0.753. The molecule has 0 saturated heterocycles. The van der Waals surface area contributed by atoms with Crippen molar-refractivity contribution < 1.29 is 9.84 Å². The van der Waals surface area contributed by atoms with Crippen molar-refractivity contribution in [3.63, 3.8) is 0 Å². The molecule has 0 spiro atoms. The monoisotopic (exact) mass is 223 g/mol. The lowest BCUT2D eigenvalue weighted by atomic mass is 10.0. The minimum Gasteiger partial charge on any atom is -0.496 e. The largest absolute Gasteiger partial charge is 0.496 e. The van der Waals surface area contributed by atoms with Crippen LogP contribution in [0, 0.1) is 0 Å². The normalized spacial score (nSPS) is 12.9. The predicted molar refractivity (Wildman–Crippen MR) is 65.9 cm³/mol. The zero-order valence-corrected chi connectivity index (χ0v) is 10.5. The van der Waals surface area contributed by atoms with Gasteiger partial charge in [0.15, 0.2) is 0 Å². The van der Waals surface area contributed by atoms with E-state index in [4.69, 9.17) is 4.74 Å². The van der Waals surface area contributed by atoms with Crippen LogP contribution in [-0.2, 0) is 6.42 Å². The third kappa shape index (κ3) is 3.51. The Labute approximate surface area is 97.7 Å². The lowest BCUT2D eigenvalue weighted by Crippen LogP contribution is -2.15. The van der Waals surface area contributed by atoms with E-state index in [2.05, 4.69) is 19.0 Å². The highest BCUT2D eigenvalue weighted by atomic mass is 16.5. The van der Waals surface area contributed by atoms with Gasteiger partial charge in [-0.15, -0.1) is 0 Å². The van der Waals surface area contributed by atoms with E-state index in [0.29, 0.717) is 0 Å². The zero-order chi connectivity index (χ0) is 12.1. The second-order valence-corrected chi connectivity index (χ2v) is 4.31. The van der Waals surface area contributed by atoms with Gasteiger partial charge in [-0.25, -0.2) is 0 Å². The number of nitrogens with zero attached hydrogens (tertiary/aromatic N) is 1. The summed E-state index contributed by atoms with van der Waals surface area (Å²) in [4.78, 5) is 2.15. The fourth-order valence-corrected chi connectivity index (χ4v) is 1.62. The number of hydrogen-bond acceptors (Lipinski definition) is 3. The van der Waals surface area contributed by atoms with Crippen molar-refractivity contribution in [2.24, 2.45) is 0 Å². The minimum atomic E-state index is -0.491. The number of ether oxygens (including phenoxy) is 1. The van der Waals surface area contributed by atoms with Crippen molar-refractivity contribution in [3.05, 3.63) is 29.3 Å². The Morgan fingerprint density at radius 1 is 1.38 bits per heavy atom. The van der Waals surface area contributed by atoms with Crippen molar-refractivity contribution in [3.8, 4) is 5.75 Å². The molecule has 0 aliphatic heterocycles. The summed E-state index contributed by atoms with van der Waals surface area (Å²) in [6, 6.07) is 5.99. The number of rotatable bonds is 5. The first-order chi connectivity index (χ1) is 7.54. The molecule has 3 heteroatoms. The van der Waals surface area contributed by atoms with Gasteiger partial charge in [0.2, 0.25) is 0 Å². The molecule has 0 heterocycles. The van der Waals surface area contributed by atoms with Gasteiger partial charge in [-0.1, -0.05) is 6.07 Å². The molecule has 1 unspecified atom stereocenters. The van der Waals surface area contributed by atoms with Gasteiger partial charge in [0.1, 0.15) is 5.75 Å². The maximum atomic E-state index is 9.65. The van der Waals surface area contributed by atoms with Crippen molar-refractivity contribution in [1.29, 1.82) is 0 Å². The van der Waals surface area contributed by atoms with E-state index in [1.807, 2.05) is 18.2 Å². The molecule has 3 nitrogen and oxygen atoms in total. The van der Waals surface area contributed by atoms with Gasteiger partial charge in [0, 0.05) is 12.1 Å². The smallest absolute Gasteiger partial charge is 0.124 e. The van der Waals surface area contributed by atoms with E-state index in [9.17, 15) is 5.11 Å². The number of aliphatic hydroxyl groups is 1. The summed E-state index contributed by atoms with van der Waals surface area (Å²) in [5, 5.41) is 9.65. The second kappa shape index (κ2) is 5.87. The average Bonchev–Trinajstić information content (AvgIpc) is 2.25. The number of likely N-dealkylation sites (N-methyl/N-ethyl adjacent to an activating group) is 1. The Bertz CT molecular complexity index is 335. The van der Waals surface area contributed by atoms with Crippen LogP contribution in [0.15, 0.2) is 18.2 Å². The molecule has 0 saturated carbocycles. The Kier molecular flexibility index (Phi) is 4.77. The molecule has 0 aromatic heterocycles. The van der Waals surface area contributed by atoms with Crippen molar-refractivity contribution in [1.82, 2.24) is 4.90 Å². The molecular formula is C13H21NO2. The Hall–Kier alpha value is -1.06. The van der Waals surface area contributed by atoms with Crippen LogP contribution in [-0.4, -0.2) is 37.8 Å². The van der Waals surface area contributed by atoms with Crippen LogP contribution in [0.2, 0.25) is 0 Å². The van der Waals surface area contributed by atoms with E-state index in [1.54, 1.807) is 14.0 Å². The quantitative estimate of drug-likeness (QED) is 0.827. The SMILES string of the molecule is COc1ccc(CCN(C)C)cc1C(C)O. The number of methoxy groups -OCH3 is 1. The summed E-state index contributed by atoms with van der Waals surface area (Å²) in [7, 11) is 5.74. The molecule has 90 valence electrons. The Balaban J connectivity index is 2.85.